The Morgan fingerprint density at radius 1 is 1.33 bits per heavy atom. The van der Waals surface area contributed by atoms with Crippen LogP contribution in [0.1, 0.15) is 32.9 Å². The van der Waals surface area contributed by atoms with Crippen LogP contribution in [0.3, 0.4) is 0 Å². The Balaban J connectivity index is 1.33. The van der Waals surface area contributed by atoms with Crippen molar-refractivity contribution >= 4 is 17.2 Å². The average molecular weight is 436 g/mol. The zero-order valence-corrected chi connectivity index (χ0v) is 16.8. The molecule has 0 saturated carbocycles. The van der Waals surface area contributed by atoms with Gasteiger partial charge in [-0.3, -0.25) is 14.8 Å². The van der Waals surface area contributed by atoms with E-state index in [9.17, 15) is 18.0 Å². The fourth-order valence-electron chi connectivity index (χ4n) is 3.42. The highest BCUT2D eigenvalue weighted by Gasteiger charge is 2.30. The van der Waals surface area contributed by atoms with Crippen LogP contribution < -0.4 is 5.32 Å². The normalized spacial score (nSPS) is 17.4. The molecule has 2 N–H and O–H groups in total. The van der Waals surface area contributed by atoms with Crippen LogP contribution in [0.5, 0.6) is 0 Å². The number of aromatic amines is 1. The SMILES string of the molecule is Cc1nc(-c2ncn[nH]2)sc1C(=O)NC1CCN(Cc2ccc(C(F)(F)F)cc2)C1. The Hall–Kier alpha value is -2.79. The number of H-pyrrole nitrogens is 1. The third kappa shape index (κ3) is 4.51. The minimum atomic E-state index is -4.33. The lowest BCUT2D eigenvalue weighted by atomic mass is 10.1. The molecule has 0 radical (unpaired) electrons. The third-order valence-corrected chi connectivity index (χ3v) is 6.08. The van der Waals surface area contributed by atoms with E-state index in [0.29, 0.717) is 34.5 Å². The molecule has 0 bridgehead atoms. The fourth-order valence-corrected chi connectivity index (χ4v) is 4.34. The van der Waals surface area contributed by atoms with E-state index >= 15 is 0 Å². The average Bonchev–Trinajstić information content (AvgIpc) is 3.42. The van der Waals surface area contributed by atoms with Crippen molar-refractivity contribution in [2.45, 2.75) is 32.1 Å². The smallest absolute Gasteiger partial charge is 0.347 e. The van der Waals surface area contributed by atoms with E-state index in [0.717, 1.165) is 30.7 Å². The maximum atomic E-state index is 12.7. The van der Waals surface area contributed by atoms with E-state index in [1.54, 1.807) is 6.92 Å². The summed E-state index contributed by atoms with van der Waals surface area (Å²) in [4.78, 5) is 23.8. The summed E-state index contributed by atoms with van der Waals surface area (Å²) in [6.45, 7) is 3.72. The Labute approximate surface area is 174 Å². The minimum absolute atomic E-state index is 0.0258. The number of likely N-dealkylation sites (tertiary alicyclic amines) is 1. The van der Waals surface area contributed by atoms with Gasteiger partial charge in [-0.25, -0.2) is 9.97 Å². The van der Waals surface area contributed by atoms with E-state index in [1.165, 1.54) is 29.8 Å². The van der Waals surface area contributed by atoms with Gasteiger partial charge in [0.2, 0.25) is 0 Å². The summed E-state index contributed by atoms with van der Waals surface area (Å²) in [5.74, 6) is 0.336. The molecule has 7 nitrogen and oxygen atoms in total. The highest BCUT2D eigenvalue weighted by molar-refractivity contribution is 7.17. The standard InChI is InChI=1S/C19H19F3N6OS/c1-11-15(30-18(25-11)16-23-10-24-27-16)17(29)26-14-6-7-28(9-14)8-12-2-4-13(5-3-12)19(20,21)22/h2-5,10,14H,6-9H2,1H3,(H,26,29)(H,23,24,27). The summed E-state index contributed by atoms with van der Waals surface area (Å²) in [7, 11) is 0. The molecule has 3 heterocycles. The summed E-state index contributed by atoms with van der Waals surface area (Å²) in [5, 5.41) is 10.2. The fraction of sp³-hybridized carbons (Fsp3) is 0.368. The molecule has 1 atom stereocenters. The van der Waals surface area contributed by atoms with Crippen molar-refractivity contribution in [3.63, 3.8) is 0 Å². The van der Waals surface area contributed by atoms with Gasteiger partial charge in [-0.15, -0.1) is 11.3 Å². The van der Waals surface area contributed by atoms with Gasteiger partial charge in [0.1, 0.15) is 11.2 Å². The van der Waals surface area contributed by atoms with E-state index < -0.39 is 11.7 Å². The van der Waals surface area contributed by atoms with Crippen molar-refractivity contribution in [1.29, 1.82) is 0 Å². The molecule has 1 saturated heterocycles. The second kappa shape index (κ2) is 8.15. The number of halogens is 3. The second-order valence-electron chi connectivity index (χ2n) is 7.16. The zero-order valence-electron chi connectivity index (χ0n) is 16.0. The molecular weight excluding hydrogens is 417 g/mol. The quantitative estimate of drug-likeness (QED) is 0.641. The predicted molar refractivity (Wildman–Crippen MR) is 105 cm³/mol. The molecule has 1 aliphatic rings. The molecule has 1 aromatic carbocycles. The molecule has 0 spiro atoms. The van der Waals surface area contributed by atoms with Gasteiger partial charge in [0, 0.05) is 25.7 Å². The maximum Gasteiger partial charge on any atom is 0.416 e. The number of benzene rings is 1. The third-order valence-electron chi connectivity index (χ3n) is 4.92. The van der Waals surface area contributed by atoms with Crippen molar-refractivity contribution in [2.75, 3.05) is 13.1 Å². The number of alkyl halides is 3. The minimum Gasteiger partial charge on any atom is -0.347 e. The summed E-state index contributed by atoms with van der Waals surface area (Å²) in [5.41, 5.74) is 0.788. The number of hydrogen-bond acceptors (Lipinski definition) is 6. The second-order valence-corrected chi connectivity index (χ2v) is 8.16. The first-order valence-electron chi connectivity index (χ1n) is 9.32. The molecule has 30 heavy (non-hydrogen) atoms. The number of aromatic nitrogens is 4. The summed E-state index contributed by atoms with van der Waals surface area (Å²) in [6, 6.07) is 5.18. The maximum absolute atomic E-state index is 12.7. The number of thiazole rings is 1. The predicted octanol–water partition coefficient (Wildman–Crippen LogP) is 3.26. The number of aryl methyl sites for hydroxylation is 1. The number of carbonyl (C=O) groups excluding carboxylic acids is 1. The van der Waals surface area contributed by atoms with E-state index in [-0.39, 0.29) is 11.9 Å². The summed E-state index contributed by atoms with van der Waals surface area (Å²) < 4.78 is 38.1. The molecule has 1 unspecified atom stereocenters. The zero-order chi connectivity index (χ0) is 21.3. The first-order chi connectivity index (χ1) is 14.3. The van der Waals surface area contributed by atoms with Gasteiger partial charge in [-0.05, 0) is 31.0 Å². The Bertz CT molecular complexity index is 1020. The van der Waals surface area contributed by atoms with E-state index in [2.05, 4.69) is 30.4 Å². The lowest BCUT2D eigenvalue weighted by Crippen LogP contribution is -2.36. The molecule has 158 valence electrons. The molecule has 2 aromatic heterocycles. The number of rotatable bonds is 5. The first kappa shape index (κ1) is 20.5. The molecule has 1 fully saturated rings. The highest BCUT2D eigenvalue weighted by Crippen LogP contribution is 2.29. The van der Waals surface area contributed by atoms with Crippen molar-refractivity contribution in [3.05, 3.63) is 52.3 Å². The highest BCUT2D eigenvalue weighted by atomic mass is 32.1. The van der Waals surface area contributed by atoms with Gasteiger partial charge < -0.3 is 5.32 Å². The van der Waals surface area contributed by atoms with E-state index in [1.807, 2.05) is 0 Å². The first-order valence-corrected chi connectivity index (χ1v) is 10.1. The molecule has 4 rings (SSSR count). The van der Waals surface area contributed by atoms with Crippen LogP contribution in [0, 0.1) is 6.92 Å². The van der Waals surface area contributed by atoms with E-state index in [4.69, 9.17) is 0 Å². The number of nitrogens with zero attached hydrogens (tertiary/aromatic N) is 4. The lowest BCUT2D eigenvalue weighted by Gasteiger charge is -2.17. The van der Waals surface area contributed by atoms with Crippen LogP contribution in [-0.4, -0.2) is 50.1 Å². The Morgan fingerprint density at radius 3 is 2.77 bits per heavy atom. The van der Waals surface area contributed by atoms with Gasteiger partial charge in [0.25, 0.3) is 5.91 Å². The molecule has 0 aliphatic carbocycles. The van der Waals surface area contributed by atoms with Gasteiger partial charge in [0.15, 0.2) is 10.8 Å². The largest absolute Gasteiger partial charge is 0.416 e. The van der Waals surface area contributed by atoms with Gasteiger partial charge >= 0.3 is 6.18 Å². The van der Waals surface area contributed by atoms with Gasteiger partial charge in [-0.1, -0.05) is 12.1 Å². The number of hydrogen-bond donors (Lipinski definition) is 2. The van der Waals surface area contributed by atoms with Crippen LogP contribution >= 0.6 is 11.3 Å². The van der Waals surface area contributed by atoms with Crippen LogP contribution in [-0.2, 0) is 12.7 Å². The summed E-state index contributed by atoms with van der Waals surface area (Å²) in [6.07, 6.45) is -2.17. The van der Waals surface area contributed by atoms with Crippen LogP contribution in [0.2, 0.25) is 0 Å². The molecule has 3 aromatic rings. The summed E-state index contributed by atoms with van der Waals surface area (Å²) >= 11 is 1.25. The van der Waals surface area contributed by atoms with Crippen LogP contribution in [0.4, 0.5) is 13.2 Å². The number of nitrogens with one attached hydrogen (secondary N) is 2. The van der Waals surface area contributed by atoms with Crippen molar-refractivity contribution in [3.8, 4) is 10.8 Å². The van der Waals surface area contributed by atoms with Crippen molar-refractivity contribution in [1.82, 2.24) is 30.4 Å². The Kier molecular flexibility index (Phi) is 5.56. The number of amides is 1. The monoisotopic (exact) mass is 436 g/mol. The van der Waals surface area contributed by atoms with Gasteiger partial charge in [-0.2, -0.15) is 18.3 Å². The van der Waals surface area contributed by atoms with Gasteiger partial charge in [0.05, 0.1) is 11.3 Å². The molecule has 1 aliphatic heterocycles. The van der Waals surface area contributed by atoms with Crippen LogP contribution in [0.25, 0.3) is 10.8 Å². The molecule has 11 heteroatoms. The van der Waals surface area contributed by atoms with Crippen molar-refractivity contribution in [2.24, 2.45) is 0 Å². The van der Waals surface area contributed by atoms with Crippen LogP contribution in [0.15, 0.2) is 30.6 Å². The Morgan fingerprint density at radius 2 is 2.10 bits per heavy atom. The topological polar surface area (TPSA) is 86.8 Å². The lowest BCUT2D eigenvalue weighted by molar-refractivity contribution is -0.137. The number of carbonyl (C=O) groups is 1. The molecular formula is C19H19F3N6OS. The van der Waals surface area contributed by atoms with Crippen molar-refractivity contribution < 1.29 is 18.0 Å². The molecule has 1 amide bonds.